The first-order chi connectivity index (χ1) is 9.95. The average molecular weight is 310 g/mol. The first-order valence-corrected chi connectivity index (χ1v) is 7.95. The maximum atomic E-state index is 5.65. The minimum atomic E-state index is -0.269. The summed E-state index contributed by atoms with van der Waals surface area (Å²) in [6.07, 6.45) is 3.90. The summed E-state index contributed by atoms with van der Waals surface area (Å²) in [5.74, 6) is 0.582. The number of likely N-dealkylation sites (tertiary alicyclic amines) is 1. The molecule has 0 aromatic carbocycles. The Labute approximate surface area is 132 Å². The van der Waals surface area contributed by atoms with Crippen LogP contribution in [0.5, 0.6) is 0 Å². The monoisotopic (exact) mass is 310 g/mol. The van der Waals surface area contributed by atoms with Crippen LogP contribution in [0.4, 0.5) is 0 Å². The number of aromatic nitrogens is 3. The zero-order valence-corrected chi connectivity index (χ0v) is 14.1. The largest absolute Gasteiger partial charge is 0.373 e. The third-order valence-corrected chi connectivity index (χ3v) is 4.51. The van der Waals surface area contributed by atoms with Crippen LogP contribution in [0.3, 0.4) is 0 Å². The molecule has 1 saturated heterocycles. The van der Waals surface area contributed by atoms with Crippen molar-refractivity contribution >= 4 is 12.6 Å². The summed E-state index contributed by atoms with van der Waals surface area (Å²) in [4.78, 5) is 3.21. The van der Waals surface area contributed by atoms with Gasteiger partial charge < -0.3 is 4.74 Å². The molecule has 0 aliphatic carbocycles. The second-order valence-corrected chi connectivity index (χ2v) is 6.79. The van der Waals surface area contributed by atoms with E-state index in [1.54, 1.807) is 7.11 Å². The van der Waals surface area contributed by atoms with Crippen LogP contribution in [-0.4, -0.2) is 45.7 Å². The van der Waals surface area contributed by atoms with Crippen molar-refractivity contribution in [1.82, 2.24) is 19.9 Å². The summed E-state index contributed by atoms with van der Waals surface area (Å²) in [5, 5.41) is 8.45. The molecule has 0 saturated carbocycles. The van der Waals surface area contributed by atoms with Gasteiger partial charge in [-0.15, -0.1) is 17.7 Å². The van der Waals surface area contributed by atoms with E-state index in [1.165, 1.54) is 0 Å². The van der Waals surface area contributed by atoms with Crippen molar-refractivity contribution in [2.45, 2.75) is 45.4 Å². The Kier molecular flexibility index (Phi) is 5.46. The Bertz CT molecular complexity index is 478. The Morgan fingerprint density at radius 2 is 2.14 bits per heavy atom. The van der Waals surface area contributed by atoms with E-state index in [2.05, 4.69) is 54.5 Å². The molecule has 0 spiro atoms. The number of hydrogen-bond donors (Lipinski definition) is 1. The van der Waals surface area contributed by atoms with Crippen molar-refractivity contribution < 1.29 is 4.74 Å². The standard InChI is InChI=1S/C15H26N4OS/c1-12(2)9-19-11-14(16-17-19)10-18-7-5-15(20-4,6-8-18)13(3)21/h11-12,21H,3,5-10H2,1-2,4H3. The lowest BCUT2D eigenvalue weighted by Gasteiger charge is -2.40. The lowest BCUT2D eigenvalue weighted by molar-refractivity contribution is -0.0241. The van der Waals surface area contributed by atoms with E-state index in [0.29, 0.717) is 5.92 Å². The van der Waals surface area contributed by atoms with E-state index in [0.717, 1.165) is 49.6 Å². The first-order valence-electron chi connectivity index (χ1n) is 7.50. The molecule has 1 aliphatic heterocycles. The van der Waals surface area contributed by atoms with Gasteiger partial charge >= 0.3 is 0 Å². The lowest BCUT2D eigenvalue weighted by atomic mass is 9.91. The van der Waals surface area contributed by atoms with Gasteiger partial charge in [-0.05, 0) is 18.8 Å². The van der Waals surface area contributed by atoms with Gasteiger partial charge in [-0.3, -0.25) is 9.58 Å². The number of thiol groups is 1. The Morgan fingerprint density at radius 3 is 2.67 bits per heavy atom. The molecule has 2 heterocycles. The molecular weight excluding hydrogens is 284 g/mol. The normalized spacial score (nSPS) is 19.1. The molecule has 0 atom stereocenters. The Morgan fingerprint density at radius 1 is 1.48 bits per heavy atom. The van der Waals surface area contributed by atoms with Gasteiger partial charge in [0.2, 0.25) is 0 Å². The van der Waals surface area contributed by atoms with Crippen molar-refractivity contribution in [2.24, 2.45) is 5.92 Å². The molecule has 1 aromatic heterocycles. The molecular formula is C15H26N4OS. The summed E-state index contributed by atoms with van der Waals surface area (Å²) in [6, 6.07) is 0. The van der Waals surface area contributed by atoms with Crippen molar-refractivity contribution in [3.8, 4) is 0 Å². The highest BCUT2D eigenvalue weighted by Crippen LogP contribution is 2.34. The van der Waals surface area contributed by atoms with Gasteiger partial charge in [0, 0.05) is 44.4 Å². The molecule has 0 amide bonds. The summed E-state index contributed by atoms with van der Waals surface area (Å²) < 4.78 is 7.58. The zero-order chi connectivity index (χ0) is 15.5. The SMILES string of the molecule is C=C(S)C1(OC)CCN(Cc2cn(CC(C)C)nn2)CC1. The topological polar surface area (TPSA) is 43.2 Å². The number of nitrogens with zero attached hydrogens (tertiary/aromatic N) is 4. The molecule has 1 aromatic rings. The molecule has 21 heavy (non-hydrogen) atoms. The van der Waals surface area contributed by atoms with Gasteiger partial charge in [-0.2, -0.15) is 0 Å². The van der Waals surface area contributed by atoms with E-state index >= 15 is 0 Å². The number of rotatable bonds is 6. The molecule has 118 valence electrons. The highest BCUT2D eigenvalue weighted by molar-refractivity contribution is 7.84. The van der Waals surface area contributed by atoms with Crippen LogP contribution in [0.25, 0.3) is 0 Å². The van der Waals surface area contributed by atoms with E-state index in [-0.39, 0.29) is 5.60 Å². The predicted molar refractivity (Wildman–Crippen MR) is 87.2 cm³/mol. The Hall–Kier alpha value is -0.850. The van der Waals surface area contributed by atoms with E-state index < -0.39 is 0 Å². The van der Waals surface area contributed by atoms with Crippen LogP contribution in [0.15, 0.2) is 17.7 Å². The number of hydrogen-bond acceptors (Lipinski definition) is 5. The lowest BCUT2D eigenvalue weighted by Crippen LogP contribution is -2.45. The quantitative estimate of drug-likeness (QED) is 0.819. The summed E-state index contributed by atoms with van der Waals surface area (Å²) in [7, 11) is 1.74. The predicted octanol–water partition coefficient (Wildman–Crippen LogP) is 2.36. The first kappa shape index (κ1) is 16.5. The Balaban J connectivity index is 1.88. The molecule has 6 heteroatoms. The van der Waals surface area contributed by atoms with Crippen LogP contribution in [-0.2, 0) is 17.8 Å². The van der Waals surface area contributed by atoms with Gasteiger partial charge in [-0.1, -0.05) is 25.6 Å². The fourth-order valence-corrected chi connectivity index (χ4v) is 3.10. The van der Waals surface area contributed by atoms with E-state index in [4.69, 9.17) is 4.74 Å². The average Bonchev–Trinajstić information content (AvgIpc) is 2.86. The van der Waals surface area contributed by atoms with Crippen molar-refractivity contribution in [3.05, 3.63) is 23.4 Å². The molecule has 0 unspecified atom stereocenters. The van der Waals surface area contributed by atoms with Crippen LogP contribution < -0.4 is 0 Å². The fraction of sp³-hybridized carbons (Fsp3) is 0.733. The van der Waals surface area contributed by atoms with Crippen molar-refractivity contribution in [2.75, 3.05) is 20.2 Å². The third kappa shape index (κ3) is 4.08. The van der Waals surface area contributed by atoms with Gasteiger partial charge in [0.1, 0.15) is 5.60 Å². The fourth-order valence-electron chi connectivity index (χ4n) is 2.79. The van der Waals surface area contributed by atoms with E-state index in [9.17, 15) is 0 Å². The van der Waals surface area contributed by atoms with Crippen molar-refractivity contribution in [1.29, 1.82) is 0 Å². The minimum absolute atomic E-state index is 0.269. The van der Waals surface area contributed by atoms with Gasteiger partial charge in [0.25, 0.3) is 0 Å². The van der Waals surface area contributed by atoms with Crippen LogP contribution >= 0.6 is 12.6 Å². The second kappa shape index (κ2) is 6.94. The highest BCUT2D eigenvalue weighted by atomic mass is 32.1. The van der Waals surface area contributed by atoms with Crippen LogP contribution in [0.2, 0.25) is 0 Å². The molecule has 0 bridgehead atoms. The van der Waals surface area contributed by atoms with Crippen LogP contribution in [0.1, 0.15) is 32.4 Å². The van der Waals surface area contributed by atoms with Gasteiger partial charge in [-0.25, -0.2) is 0 Å². The molecule has 2 rings (SSSR count). The number of ether oxygens (including phenoxy) is 1. The number of methoxy groups -OCH3 is 1. The summed E-state index contributed by atoms with van der Waals surface area (Å²) >= 11 is 4.41. The van der Waals surface area contributed by atoms with Crippen LogP contribution in [0, 0.1) is 5.92 Å². The van der Waals surface area contributed by atoms with E-state index in [1.807, 2.05) is 4.68 Å². The molecule has 0 radical (unpaired) electrons. The van der Waals surface area contributed by atoms with Gasteiger partial charge in [0.05, 0.1) is 5.69 Å². The van der Waals surface area contributed by atoms with Crippen molar-refractivity contribution in [3.63, 3.8) is 0 Å². The maximum absolute atomic E-state index is 5.65. The molecule has 0 N–H and O–H groups in total. The maximum Gasteiger partial charge on any atom is 0.100 e. The second-order valence-electron chi connectivity index (χ2n) is 6.25. The smallest absolute Gasteiger partial charge is 0.100 e. The molecule has 1 aliphatic rings. The summed E-state index contributed by atoms with van der Waals surface area (Å²) in [5.41, 5.74) is 0.764. The third-order valence-electron chi connectivity index (χ3n) is 4.10. The molecule has 5 nitrogen and oxygen atoms in total. The van der Waals surface area contributed by atoms with Gasteiger partial charge in [0.15, 0.2) is 0 Å². The minimum Gasteiger partial charge on any atom is -0.373 e. The highest BCUT2D eigenvalue weighted by Gasteiger charge is 2.36. The summed E-state index contributed by atoms with van der Waals surface area (Å²) in [6.45, 7) is 12.0. The molecule has 1 fully saturated rings. The zero-order valence-electron chi connectivity index (χ0n) is 13.2. The number of piperidine rings is 1.